The van der Waals surface area contributed by atoms with Gasteiger partial charge >= 0.3 is 0 Å². The van der Waals surface area contributed by atoms with Gasteiger partial charge < -0.3 is 15.2 Å². The van der Waals surface area contributed by atoms with Crippen molar-refractivity contribution in [2.75, 3.05) is 13.6 Å². The topological polar surface area (TPSA) is 67.1 Å². The molecular formula is C21H26N6. The van der Waals surface area contributed by atoms with E-state index in [2.05, 4.69) is 86.5 Å². The Kier molecular flexibility index (Phi) is 6.57. The van der Waals surface area contributed by atoms with E-state index in [0.29, 0.717) is 12.5 Å². The number of hydrogen-bond donors (Lipinski definition) is 2. The van der Waals surface area contributed by atoms with Crippen LogP contribution in [0, 0.1) is 0 Å². The minimum atomic E-state index is 0.349. The highest BCUT2D eigenvalue weighted by molar-refractivity contribution is 5.79. The molecule has 6 nitrogen and oxygen atoms in total. The van der Waals surface area contributed by atoms with Crippen LogP contribution >= 0.6 is 0 Å². The molecule has 0 aliphatic carbocycles. The Balaban J connectivity index is 1.63. The Bertz CT molecular complexity index is 841. The number of aliphatic imine (C=N–C) groups is 1. The predicted molar refractivity (Wildman–Crippen MR) is 109 cm³/mol. The summed E-state index contributed by atoms with van der Waals surface area (Å²) in [6, 6.07) is 21.2. The third-order valence-corrected chi connectivity index (χ3v) is 4.55. The van der Waals surface area contributed by atoms with E-state index in [1.807, 2.05) is 11.6 Å². The van der Waals surface area contributed by atoms with Crippen molar-refractivity contribution in [2.24, 2.45) is 12.0 Å². The third-order valence-electron chi connectivity index (χ3n) is 4.55. The molecule has 140 valence electrons. The van der Waals surface area contributed by atoms with Crippen LogP contribution in [0.15, 0.2) is 72.0 Å². The summed E-state index contributed by atoms with van der Waals surface area (Å²) in [5.74, 6) is 1.97. The number of aryl methyl sites for hydroxylation is 1. The number of nitrogens with one attached hydrogen (secondary N) is 2. The zero-order valence-corrected chi connectivity index (χ0v) is 15.8. The van der Waals surface area contributed by atoms with Crippen molar-refractivity contribution < 1.29 is 0 Å². The molecule has 3 aromatic rings. The number of aromatic nitrogens is 3. The van der Waals surface area contributed by atoms with Gasteiger partial charge in [-0.2, -0.15) is 0 Å². The summed E-state index contributed by atoms with van der Waals surface area (Å²) in [6.45, 7) is 1.36. The van der Waals surface area contributed by atoms with E-state index in [9.17, 15) is 0 Å². The van der Waals surface area contributed by atoms with Crippen LogP contribution in [-0.4, -0.2) is 34.3 Å². The second kappa shape index (κ2) is 9.52. The van der Waals surface area contributed by atoms with E-state index in [4.69, 9.17) is 0 Å². The molecule has 0 aliphatic heterocycles. The Morgan fingerprint density at radius 1 is 1.04 bits per heavy atom. The molecule has 0 aliphatic rings. The zero-order chi connectivity index (χ0) is 18.9. The first kappa shape index (κ1) is 18.6. The van der Waals surface area contributed by atoms with Crippen molar-refractivity contribution in [2.45, 2.75) is 18.9 Å². The molecule has 0 amide bonds. The highest BCUT2D eigenvalue weighted by atomic mass is 15.3. The van der Waals surface area contributed by atoms with Gasteiger partial charge in [-0.25, -0.2) is 0 Å². The van der Waals surface area contributed by atoms with Gasteiger partial charge in [0.1, 0.15) is 6.33 Å². The number of hydrogen-bond acceptors (Lipinski definition) is 3. The van der Waals surface area contributed by atoms with Crippen molar-refractivity contribution in [1.29, 1.82) is 0 Å². The average molecular weight is 362 g/mol. The van der Waals surface area contributed by atoms with Gasteiger partial charge in [-0.15, -0.1) is 10.2 Å². The smallest absolute Gasteiger partial charge is 0.191 e. The van der Waals surface area contributed by atoms with Gasteiger partial charge in [-0.3, -0.25) is 4.99 Å². The molecule has 1 aromatic heterocycles. The molecule has 0 bridgehead atoms. The SMILES string of the molecule is CN=C(NCc1nncn1C)NCC(Cc1ccccc1)c1ccccc1. The molecule has 0 radical (unpaired) electrons. The first-order chi connectivity index (χ1) is 13.3. The maximum absolute atomic E-state index is 4.33. The summed E-state index contributed by atoms with van der Waals surface area (Å²) in [7, 11) is 3.71. The molecule has 0 spiro atoms. The lowest BCUT2D eigenvalue weighted by Crippen LogP contribution is -2.39. The van der Waals surface area contributed by atoms with E-state index in [-0.39, 0.29) is 0 Å². The molecule has 1 atom stereocenters. The van der Waals surface area contributed by atoms with Crippen LogP contribution in [0.3, 0.4) is 0 Å². The zero-order valence-electron chi connectivity index (χ0n) is 15.8. The van der Waals surface area contributed by atoms with E-state index >= 15 is 0 Å². The molecule has 2 N–H and O–H groups in total. The maximum Gasteiger partial charge on any atom is 0.191 e. The van der Waals surface area contributed by atoms with E-state index < -0.39 is 0 Å². The van der Waals surface area contributed by atoms with Gasteiger partial charge in [-0.05, 0) is 17.5 Å². The quantitative estimate of drug-likeness (QED) is 0.501. The number of rotatable bonds is 7. The lowest BCUT2D eigenvalue weighted by atomic mass is 9.92. The fourth-order valence-corrected chi connectivity index (χ4v) is 3.00. The van der Waals surface area contributed by atoms with Crippen LogP contribution in [-0.2, 0) is 20.0 Å². The highest BCUT2D eigenvalue weighted by Crippen LogP contribution is 2.20. The van der Waals surface area contributed by atoms with E-state index in [1.165, 1.54) is 11.1 Å². The van der Waals surface area contributed by atoms with Crippen LogP contribution in [0.5, 0.6) is 0 Å². The van der Waals surface area contributed by atoms with Crippen molar-refractivity contribution in [3.8, 4) is 0 Å². The molecular weight excluding hydrogens is 336 g/mol. The lowest BCUT2D eigenvalue weighted by molar-refractivity contribution is 0.640. The lowest BCUT2D eigenvalue weighted by Gasteiger charge is -2.20. The second-order valence-corrected chi connectivity index (χ2v) is 6.46. The molecule has 3 rings (SSSR count). The predicted octanol–water partition coefficient (Wildman–Crippen LogP) is 2.51. The fourth-order valence-electron chi connectivity index (χ4n) is 3.00. The van der Waals surface area contributed by atoms with Crippen LogP contribution in [0.25, 0.3) is 0 Å². The minimum absolute atomic E-state index is 0.349. The molecule has 6 heteroatoms. The monoisotopic (exact) mass is 362 g/mol. The number of guanidine groups is 1. The van der Waals surface area contributed by atoms with Gasteiger partial charge in [0.05, 0.1) is 6.54 Å². The molecule has 0 saturated carbocycles. The Hall–Kier alpha value is -3.15. The first-order valence-corrected chi connectivity index (χ1v) is 9.12. The summed E-state index contributed by atoms with van der Waals surface area (Å²) in [5.41, 5.74) is 2.65. The van der Waals surface area contributed by atoms with E-state index in [0.717, 1.165) is 24.7 Å². The van der Waals surface area contributed by atoms with Crippen LogP contribution < -0.4 is 10.6 Å². The van der Waals surface area contributed by atoms with Gasteiger partial charge in [0, 0.05) is 26.6 Å². The first-order valence-electron chi connectivity index (χ1n) is 9.12. The molecule has 1 heterocycles. The number of benzene rings is 2. The standard InChI is InChI=1S/C21H26N6/c1-22-21(24-15-20-26-25-16-27(20)2)23-14-19(18-11-7-4-8-12-18)13-17-9-5-3-6-10-17/h3-12,16,19H,13-15H2,1-2H3,(H2,22,23,24). The fraction of sp³-hybridized carbons (Fsp3) is 0.286. The number of nitrogens with zero attached hydrogens (tertiary/aromatic N) is 4. The van der Waals surface area contributed by atoms with Gasteiger partial charge in [-0.1, -0.05) is 60.7 Å². The summed E-state index contributed by atoms with van der Waals surface area (Å²) in [4.78, 5) is 4.33. The van der Waals surface area contributed by atoms with Crippen molar-refractivity contribution in [3.63, 3.8) is 0 Å². The van der Waals surface area contributed by atoms with Gasteiger partial charge in [0.25, 0.3) is 0 Å². The molecule has 1 unspecified atom stereocenters. The third kappa shape index (κ3) is 5.41. The van der Waals surface area contributed by atoms with Gasteiger partial charge in [0.15, 0.2) is 11.8 Å². The summed E-state index contributed by atoms with van der Waals surface area (Å²) in [6.07, 6.45) is 2.66. The molecule has 2 aromatic carbocycles. The maximum atomic E-state index is 4.33. The Morgan fingerprint density at radius 2 is 1.74 bits per heavy atom. The average Bonchev–Trinajstić information content (AvgIpc) is 3.13. The normalized spacial score (nSPS) is 12.6. The molecule has 0 fully saturated rings. The summed E-state index contributed by atoms with van der Waals surface area (Å²) < 4.78 is 1.89. The van der Waals surface area contributed by atoms with Crippen molar-refractivity contribution in [1.82, 2.24) is 25.4 Å². The molecule has 0 saturated heterocycles. The highest BCUT2D eigenvalue weighted by Gasteiger charge is 2.13. The van der Waals surface area contributed by atoms with Crippen molar-refractivity contribution in [3.05, 3.63) is 83.9 Å². The van der Waals surface area contributed by atoms with Crippen LogP contribution in [0.1, 0.15) is 22.9 Å². The van der Waals surface area contributed by atoms with Crippen LogP contribution in [0.4, 0.5) is 0 Å². The van der Waals surface area contributed by atoms with Crippen molar-refractivity contribution >= 4 is 5.96 Å². The van der Waals surface area contributed by atoms with Crippen LogP contribution in [0.2, 0.25) is 0 Å². The minimum Gasteiger partial charge on any atom is -0.356 e. The Morgan fingerprint density at radius 3 is 2.37 bits per heavy atom. The van der Waals surface area contributed by atoms with Gasteiger partial charge in [0.2, 0.25) is 0 Å². The summed E-state index contributed by atoms with van der Waals surface area (Å²) >= 11 is 0. The van der Waals surface area contributed by atoms with E-state index in [1.54, 1.807) is 13.4 Å². The second-order valence-electron chi connectivity index (χ2n) is 6.46. The Labute approximate surface area is 160 Å². The molecule has 27 heavy (non-hydrogen) atoms. The largest absolute Gasteiger partial charge is 0.356 e. The summed E-state index contributed by atoms with van der Waals surface area (Å²) in [5, 5.41) is 14.7.